The number of carbonyl (C=O) groups is 1. The Morgan fingerprint density at radius 3 is 2.40 bits per heavy atom. The molecule has 2 aliphatic carbocycles. The molecule has 2 saturated carbocycles. The van der Waals surface area contributed by atoms with E-state index in [4.69, 9.17) is 10.5 Å². The molecule has 3 rings (SSSR count). The van der Waals surface area contributed by atoms with E-state index in [2.05, 4.69) is 5.32 Å². The number of methoxy groups -OCH3 is 1. The third-order valence-corrected chi connectivity index (χ3v) is 6.00. The molecule has 0 heterocycles. The molecule has 0 aromatic heterocycles. The van der Waals surface area contributed by atoms with Crippen molar-refractivity contribution in [3.05, 3.63) is 29.8 Å². The van der Waals surface area contributed by atoms with Gasteiger partial charge in [0.2, 0.25) is 5.91 Å². The lowest BCUT2D eigenvalue weighted by molar-refractivity contribution is -0.129. The number of halogens is 1. The summed E-state index contributed by atoms with van der Waals surface area (Å²) in [7, 11) is 1.67. The van der Waals surface area contributed by atoms with Gasteiger partial charge >= 0.3 is 0 Å². The number of ether oxygens (including phenoxy) is 1. The van der Waals surface area contributed by atoms with Crippen LogP contribution >= 0.6 is 12.4 Å². The molecule has 2 aliphatic rings. The molecular weight excluding hydrogens is 336 g/mol. The number of nitrogens with one attached hydrogen (secondary N) is 1. The number of hydrogen-bond donors (Lipinski definition) is 2. The van der Waals surface area contributed by atoms with Gasteiger partial charge in [-0.05, 0) is 57.4 Å². The predicted molar refractivity (Wildman–Crippen MR) is 103 cm³/mol. The minimum absolute atomic E-state index is 0. The average Bonchev–Trinajstić information content (AvgIpc) is 2.54. The summed E-state index contributed by atoms with van der Waals surface area (Å²) < 4.78 is 5.47. The van der Waals surface area contributed by atoms with Crippen LogP contribution in [0.2, 0.25) is 0 Å². The lowest BCUT2D eigenvalue weighted by Crippen LogP contribution is -2.51. The van der Waals surface area contributed by atoms with E-state index < -0.39 is 5.54 Å². The van der Waals surface area contributed by atoms with Crippen LogP contribution in [0.25, 0.3) is 0 Å². The molecule has 1 aromatic rings. The summed E-state index contributed by atoms with van der Waals surface area (Å²) in [4.78, 5) is 12.9. The Kier molecular flexibility index (Phi) is 6.39. The number of nitrogens with two attached hydrogens (primary N) is 1. The quantitative estimate of drug-likeness (QED) is 0.855. The van der Waals surface area contributed by atoms with Crippen LogP contribution in [-0.4, -0.2) is 19.1 Å². The summed E-state index contributed by atoms with van der Waals surface area (Å²) in [5.41, 5.74) is 6.90. The van der Waals surface area contributed by atoms with Gasteiger partial charge in [-0.3, -0.25) is 4.79 Å². The third kappa shape index (κ3) is 4.12. The number of rotatable bonds is 4. The molecule has 5 heteroatoms. The number of fused-ring (bicyclic) bond motifs is 2. The van der Waals surface area contributed by atoms with Crippen LogP contribution in [0.1, 0.15) is 51.5 Å². The minimum Gasteiger partial charge on any atom is -0.496 e. The molecule has 1 aromatic carbocycles. The Hall–Kier alpha value is -1.26. The van der Waals surface area contributed by atoms with Gasteiger partial charge in [-0.25, -0.2) is 0 Å². The van der Waals surface area contributed by atoms with E-state index in [0.717, 1.165) is 24.2 Å². The molecule has 3 N–H and O–H groups in total. The van der Waals surface area contributed by atoms with Gasteiger partial charge in [0.1, 0.15) is 5.75 Å². The maximum absolute atomic E-state index is 12.9. The van der Waals surface area contributed by atoms with Crippen molar-refractivity contribution in [3.63, 3.8) is 0 Å². The van der Waals surface area contributed by atoms with Crippen molar-refractivity contribution in [1.82, 2.24) is 5.32 Å². The monoisotopic (exact) mass is 366 g/mol. The minimum atomic E-state index is -0.460. The van der Waals surface area contributed by atoms with Gasteiger partial charge in [-0.1, -0.05) is 24.6 Å². The standard InChI is InChI=1S/C20H30N2O2.ClH/c1-20(2,16-9-4-5-10-17(16)24-3)22-19(23)15-11-13-7-6-8-14(12-15)18(13)21;/h4-5,9-10,13-15,18H,6-8,11-12,21H2,1-3H3,(H,22,23);1H. The van der Waals surface area contributed by atoms with Crippen LogP contribution in [-0.2, 0) is 10.3 Å². The van der Waals surface area contributed by atoms with E-state index in [9.17, 15) is 4.79 Å². The van der Waals surface area contributed by atoms with Gasteiger partial charge in [-0.2, -0.15) is 0 Å². The Balaban J connectivity index is 0.00000225. The van der Waals surface area contributed by atoms with Crippen molar-refractivity contribution in [2.24, 2.45) is 23.5 Å². The van der Waals surface area contributed by atoms with Gasteiger partial charge in [-0.15, -0.1) is 12.4 Å². The highest BCUT2D eigenvalue weighted by molar-refractivity contribution is 5.85. The van der Waals surface area contributed by atoms with Crippen molar-refractivity contribution < 1.29 is 9.53 Å². The molecule has 2 fully saturated rings. The van der Waals surface area contributed by atoms with Crippen LogP contribution in [0.4, 0.5) is 0 Å². The maximum Gasteiger partial charge on any atom is 0.223 e. The van der Waals surface area contributed by atoms with Gasteiger partial charge in [0.15, 0.2) is 0 Å². The van der Waals surface area contributed by atoms with Crippen molar-refractivity contribution in [3.8, 4) is 5.75 Å². The fourth-order valence-corrected chi connectivity index (χ4v) is 4.64. The summed E-state index contributed by atoms with van der Waals surface area (Å²) in [5.74, 6) is 2.10. The summed E-state index contributed by atoms with van der Waals surface area (Å²) in [6.45, 7) is 4.08. The lowest BCUT2D eigenvalue weighted by Gasteiger charge is -2.44. The largest absolute Gasteiger partial charge is 0.496 e. The summed E-state index contributed by atoms with van der Waals surface area (Å²) in [5, 5.41) is 3.26. The zero-order valence-corrected chi connectivity index (χ0v) is 16.3. The summed E-state index contributed by atoms with van der Waals surface area (Å²) >= 11 is 0. The third-order valence-electron chi connectivity index (χ3n) is 6.00. The normalized spacial score (nSPS) is 28.6. The highest BCUT2D eigenvalue weighted by Crippen LogP contribution is 2.42. The topological polar surface area (TPSA) is 64.3 Å². The molecule has 0 saturated heterocycles. The number of benzene rings is 1. The molecule has 0 aliphatic heterocycles. The van der Waals surface area contributed by atoms with E-state index in [1.54, 1.807) is 7.11 Å². The van der Waals surface area contributed by atoms with E-state index in [1.807, 2.05) is 38.1 Å². The first-order valence-electron chi connectivity index (χ1n) is 9.13. The zero-order valence-electron chi connectivity index (χ0n) is 15.5. The zero-order chi connectivity index (χ0) is 17.3. The first-order valence-corrected chi connectivity index (χ1v) is 9.13. The molecule has 0 radical (unpaired) electrons. The Morgan fingerprint density at radius 1 is 1.20 bits per heavy atom. The number of hydrogen-bond acceptors (Lipinski definition) is 3. The summed E-state index contributed by atoms with van der Waals surface area (Å²) in [6, 6.07) is 8.18. The van der Waals surface area contributed by atoms with Crippen LogP contribution < -0.4 is 15.8 Å². The molecule has 2 bridgehead atoms. The Labute approximate surface area is 157 Å². The second-order valence-electron chi connectivity index (χ2n) is 8.01. The van der Waals surface area contributed by atoms with Crippen molar-refractivity contribution in [1.29, 1.82) is 0 Å². The highest BCUT2D eigenvalue weighted by atomic mass is 35.5. The van der Waals surface area contributed by atoms with Crippen LogP contribution in [0.5, 0.6) is 5.75 Å². The second kappa shape index (κ2) is 7.96. The molecule has 140 valence electrons. The van der Waals surface area contributed by atoms with Crippen molar-refractivity contribution in [2.75, 3.05) is 7.11 Å². The number of carbonyl (C=O) groups excluding carboxylic acids is 1. The average molecular weight is 367 g/mol. The number of amides is 1. The highest BCUT2D eigenvalue weighted by Gasteiger charge is 2.41. The Bertz CT molecular complexity index is 591. The van der Waals surface area contributed by atoms with Crippen molar-refractivity contribution >= 4 is 18.3 Å². The van der Waals surface area contributed by atoms with Gasteiger partial charge in [0, 0.05) is 17.5 Å². The molecule has 2 unspecified atom stereocenters. The fourth-order valence-electron chi connectivity index (χ4n) is 4.64. The Morgan fingerprint density at radius 2 is 1.80 bits per heavy atom. The molecule has 0 spiro atoms. The first-order chi connectivity index (χ1) is 11.4. The summed E-state index contributed by atoms with van der Waals surface area (Å²) in [6.07, 6.45) is 5.50. The van der Waals surface area contributed by atoms with E-state index in [0.29, 0.717) is 17.9 Å². The van der Waals surface area contributed by atoms with Gasteiger partial charge in [0.05, 0.1) is 12.6 Å². The maximum atomic E-state index is 12.9. The SMILES string of the molecule is COc1ccccc1C(C)(C)NC(=O)C1CC2CCCC(C1)C2N.Cl. The molecule has 1 amide bonds. The van der Waals surface area contributed by atoms with Gasteiger partial charge < -0.3 is 15.8 Å². The van der Waals surface area contributed by atoms with E-state index in [-0.39, 0.29) is 24.2 Å². The fraction of sp³-hybridized carbons (Fsp3) is 0.650. The van der Waals surface area contributed by atoms with Crippen LogP contribution in [0.3, 0.4) is 0 Å². The lowest BCUT2D eigenvalue weighted by atomic mass is 9.65. The number of para-hydroxylation sites is 1. The van der Waals surface area contributed by atoms with Gasteiger partial charge in [0.25, 0.3) is 0 Å². The van der Waals surface area contributed by atoms with E-state index in [1.165, 1.54) is 19.3 Å². The molecule has 2 atom stereocenters. The van der Waals surface area contributed by atoms with Crippen LogP contribution in [0, 0.1) is 17.8 Å². The first kappa shape index (κ1) is 20.1. The van der Waals surface area contributed by atoms with Crippen molar-refractivity contribution in [2.45, 2.75) is 57.5 Å². The van der Waals surface area contributed by atoms with Crippen LogP contribution in [0.15, 0.2) is 24.3 Å². The molecule has 4 nitrogen and oxygen atoms in total. The van der Waals surface area contributed by atoms with E-state index >= 15 is 0 Å². The smallest absolute Gasteiger partial charge is 0.223 e. The predicted octanol–water partition coefficient (Wildman–Crippen LogP) is 3.62. The molecular formula is C20H31ClN2O2. The molecule has 25 heavy (non-hydrogen) atoms. The second-order valence-corrected chi connectivity index (χ2v) is 8.01.